The van der Waals surface area contributed by atoms with Gasteiger partial charge in [-0.3, -0.25) is 4.79 Å². The van der Waals surface area contributed by atoms with Crippen LogP contribution >= 0.6 is 12.4 Å². The van der Waals surface area contributed by atoms with Gasteiger partial charge in [-0.1, -0.05) is 13.0 Å². The smallest absolute Gasteiger partial charge is 0.243 e. The molecular weight excluding hydrogens is 268 g/mol. The Morgan fingerprint density at radius 3 is 2.84 bits per heavy atom. The summed E-state index contributed by atoms with van der Waals surface area (Å²) in [4.78, 5) is 11.7. The fourth-order valence-electron chi connectivity index (χ4n) is 1.37. The van der Waals surface area contributed by atoms with E-state index < -0.39 is 6.04 Å². The van der Waals surface area contributed by atoms with Crippen LogP contribution < -0.4 is 15.8 Å². The molecule has 0 aliphatic rings. The van der Waals surface area contributed by atoms with Crippen molar-refractivity contribution in [3.8, 4) is 5.75 Å². The Bertz CT molecular complexity index is 388. The first-order valence-electron chi connectivity index (χ1n) is 5.95. The van der Waals surface area contributed by atoms with Crippen LogP contribution in [-0.4, -0.2) is 32.3 Å². The Morgan fingerprint density at radius 2 is 2.21 bits per heavy atom. The van der Waals surface area contributed by atoms with Crippen LogP contribution in [0.4, 0.5) is 5.69 Å². The summed E-state index contributed by atoms with van der Waals surface area (Å²) in [6.07, 6.45) is 0.940. The van der Waals surface area contributed by atoms with Crippen molar-refractivity contribution < 1.29 is 14.3 Å². The van der Waals surface area contributed by atoms with E-state index in [4.69, 9.17) is 15.2 Å². The van der Waals surface area contributed by atoms with Crippen molar-refractivity contribution in [1.82, 2.24) is 0 Å². The number of nitrogens with one attached hydrogen (secondary N) is 1. The standard InChI is InChI=1S/C13H20N2O3.ClH/c1-3-7-18-11-6-4-5-10(8-11)15-13(16)12(14)9-17-2;/h4-6,8,12H,3,7,9,14H2,1-2H3,(H,15,16);1H. The monoisotopic (exact) mass is 288 g/mol. The van der Waals surface area contributed by atoms with Gasteiger partial charge in [-0.2, -0.15) is 0 Å². The predicted molar refractivity (Wildman–Crippen MR) is 78.0 cm³/mol. The molecule has 1 aromatic carbocycles. The lowest BCUT2D eigenvalue weighted by molar-refractivity contribution is -0.118. The first-order valence-corrected chi connectivity index (χ1v) is 5.95. The third-order valence-corrected chi connectivity index (χ3v) is 2.26. The van der Waals surface area contributed by atoms with Gasteiger partial charge >= 0.3 is 0 Å². The molecule has 0 heterocycles. The SMILES string of the molecule is CCCOc1cccc(NC(=O)C(N)COC)c1.Cl. The number of nitrogens with two attached hydrogens (primary N) is 1. The minimum absolute atomic E-state index is 0. The van der Waals surface area contributed by atoms with Crippen LogP contribution in [0.1, 0.15) is 13.3 Å². The quantitative estimate of drug-likeness (QED) is 0.802. The largest absolute Gasteiger partial charge is 0.494 e. The van der Waals surface area contributed by atoms with E-state index in [0.29, 0.717) is 12.3 Å². The van der Waals surface area contributed by atoms with Gasteiger partial charge in [0.25, 0.3) is 0 Å². The van der Waals surface area contributed by atoms with Gasteiger partial charge in [-0.25, -0.2) is 0 Å². The number of ether oxygens (including phenoxy) is 2. The molecule has 6 heteroatoms. The molecule has 0 radical (unpaired) electrons. The van der Waals surface area contributed by atoms with E-state index in [-0.39, 0.29) is 24.9 Å². The average molecular weight is 289 g/mol. The molecule has 0 fully saturated rings. The molecule has 0 saturated heterocycles. The van der Waals surface area contributed by atoms with E-state index in [1.54, 1.807) is 12.1 Å². The van der Waals surface area contributed by atoms with Crippen molar-refractivity contribution >= 4 is 24.0 Å². The maximum Gasteiger partial charge on any atom is 0.243 e. The Balaban J connectivity index is 0.00000324. The number of anilines is 1. The second kappa shape index (κ2) is 9.61. The average Bonchev–Trinajstić information content (AvgIpc) is 2.37. The number of amides is 1. The van der Waals surface area contributed by atoms with E-state index in [2.05, 4.69) is 5.32 Å². The Kier molecular flexibility index (Phi) is 8.95. The van der Waals surface area contributed by atoms with Gasteiger partial charge in [0, 0.05) is 18.9 Å². The summed E-state index contributed by atoms with van der Waals surface area (Å²) in [6.45, 7) is 2.88. The Hall–Kier alpha value is -1.30. The number of rotatable bonds is 7. The van der Waals surface area contributed by atoms with Crippen molar-refractivity contribution in [2.24, 2.45) is 5.73 Å². The lowest BCUT2D eigenvalue weighted by Gasteiger charge is -2.12. The molecule has 1 rings (SSSR count). The van der Waals surface area contributed by atoms with E-state index in [9.17, 15) is 4.79 Å². The number of hydrogen-bond donors (Lipinski definition) is 2. The summed E-state index contributed by atoms with van der Waals surface area (Å²) in [5.41, 5.74) is 6.29. The summed E-state index contributed by atoms with van der Waals surface area (Å²) in [5.74, 6) is 0.458. The van der Waals surface area contributed by atoms with E-state index in [1.165, 1.54) is 7.11 Å². The summed E-state index contributed by atoms with van der Waals surface area (Å²) in [7, 11) is 1.51. The lowest BCUT2D eigenvalue weighted by atomic mass is 10.2. The maximum absolute atomic E-state index is 11.7. The third kappa shape index (κ3) is 6.42. The van der Waals surface area contributed by atoms with Gasteiger partial charge < -0.3 is 20.5 Å². The highest BCUT2D eigenvalue weighted by Crippen LogP contribution is 2.17. The number of carbonyl (C=O) groups excluding carboxylic acids is 1. The molecule has 0 saturated carbocycles. The highest BCUT2D eigenvalue weighted by atomic mass is 35.5. The zero-order chi connectivity index (χ0) is 13.4. The molecule has 108 valence electrons. The van der Waals surface area contributed by atoms with Crippen molar-refractivity contribution in [3.63, 3.8) is 0 Å². The van der Waals surface area contributed by atoms with E-state index in [0.717, 1.165) is 12.2 Å². The summed E-state index contributed by atoms with van der Waals surface area (Å²) >= 11 is 0. The fraction of sp³-hybridized carbons (Fsp3) is 0.462. The number of methoxy groups -OCH3 is 1. The number of halogens is 1. The highest BCUT2D eigenvalue weighted by Gasteiger charge is 2.13. The predicted octanol–water partition coefficient (Wildman–Crippen LogP) is 1.81. The van der Waals surface area contributed by atoms with Crippen molar-refractivity contribution in [2.45, 2.75) is 19.4 Å². The van der Waals surface area contributed by atoms with Crippen LogP contribution in [0.2, 0.25) is 0 Å². The van der Waals surface area contributed by atoms with Gasteiger partial charge in [0.15, 0.2) is 0 Å². The maximum atomic E-state index is 11.7. The molecule has 1 amide bonds. The van der Waals surface area contributed by atoms with Crippen LogP contribution in [-0.2, 0) is 9.53 Å². The minimum Gasteiger partial charge on any atom is -0.494 e. The molecule has 0 bridgehead atoms. The number of carbonyl (C=O) groups is 1. The van der Waals surface area contributed by atoms with Gasteiger partial charge in [0.2, 0.25) is 5.91 Å². The zero-order valence-corrected chi connectivity index (χ0v) is 12.0. The van der Waals surface area contributed by atoms with Crippen molar-refractivity contribution in [2.75, 3.05) is 25.6 Å². The fourth-order valence-corrected chi connectivity index (χ4v) is 1.37. The van der Waals surface area contributed by atoms with Crippen LogP contribution in [0.25, 0.3) is 0 Å². The molecule has 1 unspecified atom stereocenters. The first kappa shape index (κ1) is 17.7. The molecule has 0 aromatic heterocycles. The molecule has 19 heavy (non-hydrogen) atoms. The molecule has 3 N–H and O–H groups in total. The summed E-state index contributed by atoms with van der Waals surface area (Å²) < 4.78 is 10.3. The number of benzene rings is 1. The van der Waals surface area contributed by atoms with Crippen LogP contribution in [0.5, 0.6) is 5.75 Å². The van der Waals surface area contributed by atoms with Gasteiger partial charge in [-0.15, -0.1) is 12.4 Å². The second-order valence-corrected chi connectivity index (χ2v) is 3.93. The molecular formula is C13H21ClN2O3. The lowest BCUT2D eigenvalue weighted by Crippen LogP contribution is -2.39. The minimum atomic E-state index is -0.671. The summed E-state index contributed by atoms with van der Waals surface area (Å²) in [5, 5.41) is 2.72. The molecule has 0 spiro atoms. The third-order valence-electron chi connectivity index (χ3n) is 2.26. The zero-order valence-electron chi connectivity index (χ0n) is 11.2. The highest BCUT2D eigenvalue weighted by molar-refractivity contribution is 5.94. The van der Waals surface area contributed by atoms with Crippen molar-refractivity contribution in [3.05, 3.63) is 24.3 Å². The molecule has 0 aliphatic heterocycles. The van der Waals surface area contributed by atoms with Crippen LogP contribution in [0.15, 0.2) is 24.3 Å². The number of hydrogen-bond acceptors (Lipinski definition) is 4. The van der Waals surface area contributed by atoms with Gasteiger partial charge in [0.05, 0.1) is 13.2 Å². The van der Waals surface area contributed by atoms with Gasteiger partial charge in [-0.05, 0) is 18.6 Å². The first-order chi connectivity index (χ1) is 8.67. The molecule has 5 nitrogen and oxygen atoms in total. The topological polar surface area (TPSA) is 73.6 Å². The van der Waals surface area contributed by atoms with Crippen LogP contribution in [0.3, 0.4) is 0 Å². The normalized spacial score (nSPS) is 11.3. The second-order valence-electron chi connectivity index (χ2n) is 3.93. The van der Waals surface area contributed by atoms with Crippen LogP contribution in [0, 0.1) is 0 Å². The Morgan fingerprint density at radius 1 is 1.47 bits per heavy atom. The Labute approximate surface area is 119 Å². The van der Waals surface area contributed by atoms with Crippen molar-refractivity contribution in [1.29, 1.82) is 0 Å². The molecule has 0 aliphatic carbocycles. The van der Waals surface area contributed by atoms with Gasteiger partial charge in [0.1, 0.15) is 11.8 Å². The molecule has 1 atom stereocenters. The summed E-state index contributed by atoms with van der Waals surface area (Å²) in [6, 6.07) is 6.56. The molecule has 1 aromatic rings. The van der Waals surface area contributed by atoms with E-state index >= 15 is 0 Å². The van der Waals surface area contributed by atoms with E-state index in [1.807, 2.05) is 19.1 Å².